The van der Waals surface area contributed by atoms with Gasteiger partial charge in [-0.2, -0.15) is 13.2 Å². The monoisotopic (exact) mass is 284 g/mol. The molecule has 0 fully saturated rings. The van der Waals surface area contributed by atoms with Gasteiger partial charge in [0.05, 0.1) is 5.92 Å². The van der Waals surface area contributed by atoms with Crippen LogP contribution in [0.15, 0.2) is 0 Å². The SMILES string of the molecule is CC(NC(=O)NCCCCC(F)(F)F)C(C)C(=O)O. The normalized spacial score (nSPS) is 14.6. The Kier molecular flexibility index (Phi) is 7.25. The highest BCUT2D eigenvalue weighted by atomic mass is 19.4. The van der Waals surface area contributed by atoms with Gasteiger partial charge in [-0.25, -0.2) is 4.79 Å². The molecule has 0 saturated carbocycles. The van der Waals surface area contributed by atoms with Crippen LogP contribution >= 0.6 is 0 Å². The first kappa shape index (κ1) is 17.5. The largest absolute Gasteiger partial charge is 0.481 e. The summed E-state index contributed by atoms with van der Waals surface area (Å²) in [7, 11) is 0. The van der Waals surface area contributed by atoms with E-state index in [1.54, 1.807) is 6.92 Å². The van der Waals surface area contributed by atoms with Crippen molar-refractivity contribution in [2.24, 2.45) is 5.92 Å². The predicted molar refractivity (Wildman–Crippen MR) is 62.7 cm³/mol. The van der Waals surface area contributed by atoms with Crippen LogP contribution in [-0.2, 0) is 4.79 Å². The maximum Gasteiger partial charge on any atom is 0.389 e. The van der Waals surface area contributed by atoms with Crippen LogP contribution in [0.1, 0.15) is 33.1 Å². The standard InChI is InChI=1S/C11H19F3N2O3/c1-7(9(17)18)8(2)16-10(19)15-6-4-3-5-11(12,13)14/h7-8H,3-6H2,1-2H3,(H,17,18)(H2,15,16,19). The second-order valence-electron chi connectivity index (χ2n) is 4.39. The number of nitrogens with one attached hydrogen (secondary N) is 2. The topological polar surface area (TPSA) is 78.4 Å². The molecule has 0 aromatic rings. The number of carboxylic acid groups (broad SMARTS) is 1. The van der Waals surface area contributed by atoms with Gasteiger partial charge >= 0.3 is 18.2 Å². The molecule has 8 heteroatoms. The number of hydrogen-bond acceptors (Lipinski definition) is 2. The van der Waals surface area contributed by atoms with Gasteiger partial charge in [0.2, 0.25) is 0 Å². The zero-order chi connectivity index (χ0) is 15.1. The van der Waals surface area contributed by atoms with Crippen LogP contribution in [-0.4, -0.2) is 35.9 Å². The van der Waals surface area contributed by atoms with Gasteiger partial charge in [-0.1, -0.05) is 0 Å². The van der Waals surface area contributed by atoms with Gasteiger partial charge in [-0.15, -0.1) is 0 Å². The summed E-state index contributed by atoms with van der Waals surface area (Å²) < 4.78 is 35.5. The second-order valence-corrected chi connectivity index (χ2v) is 4.39. The highest BCUT2D eigenvalue weighted by Gasteiger charge is 2.25. The smallest absolute Gasteiger partial charge is 0.389 e. The van der Waals surface area contributed by atoms with Crippen LogP contribution in [0.25, 0.3) is 0 Å². The average Bonchev–Trinajstić information content (AvgIpc) is 2.25. The fourth-order valence-electron chi connectivity index (χ4n) is 1.25. The van der Waals surface area contributed by atoms with Crippen LogP contribution in [0, 0.1) is 5.92 Å². The third-order valence-electron chi connectivity index (χ3n) is 2.67. The van der Waals surface area contributed by atoms with E-state index < -0.39 is 36.6 Å². The van der Waals surface area contributed by atoms with E-state index in [4.69, 9.17) is 5.11 Å². The molecule has 0 spiro atoms. The number of carbonyl (C=O) groups is 2. The Hall–Kier alpha value is -1.47. The van der Waals surface area contributed by atoms with Crippen LogP contribution in [0.3, 0.4) is 0 Å². The summed E-state index contributed by atoms with van der Waals surface area (Å²) in [6, 6.07) is -1.14. The van der Waals surface area contributed by atoms with Gasteiger partial charge in [0, 0.05) is 19.0 Å². The lowest BCUT2D eigenvalue weighted by Crippen LogP contribution is -2.45. The molecule has 3 N–H and O–H groups in total. The number of unbranched alkanes of at least 4 members (excludes halogenated alkanes) is 1. The van der Waals surface area contributed by atoms with Crippen LogP contribution in [0.2, 0.25) is 0 Å². The molecule has 0 saturated heterocycles. The minimum atomic E-state index is -4.17. The number of urea groups is 1. The van der Waals surface area contributed by atoms with Crippen molar-refractivity contribution in [3.05, 3.63) is 0 Å². The van der Waals surface area contributed by atoms with Gasteiger partial charge < -0.3 is 15.7 Å². The summed E-state index contributed by atoms with van der Waals surface area (Å²) >= 11 is 0. The van der Waals surface area contributed by atoms with Crippen LogP contribution in [0.5, 0.6) is 0 Å². The van der Waals surface area contributed by atoms with E-state index in [0.717, 1.165) is 0 Å². The lowest BCUT2D eigenvalue weighted by molar-refractivity contribution is -0.141. The Labute approximate surface area is 109 Å². The number of amides is 2. The molecular weight excluding hydrogens is 265 g/mol. The lowest BCUT2D eigenvalue weighted by Gasteiger charge is -2.18. The number of aliphatic carboxylic acids is 1. The number of alkyl halides is 3. The van der Waals surface area contributed by atoms with E-state index in [-0.39, 0.29) is 19.4 Å². The Balaban J connectivity index is 3.73. The summed E-state index contributed by atoms with van der Waals surface area (Å²) in [5, 5.41) is 13.5. The Morgan fingerprint density at radius 2 is 1.79 bits per heavy atom. The van der Waals surface area contributed by atoms with E-state index in [1.807, 2.05) is 0 Å². The number of carboxylic acids is 1. The molecule has 5 nitrogen and oxygen atoms in total. The van der Waals surface area contributed by atoms with Gasteiger partial charge in [0.1, 0.15) is 0 Å². The molecule has 0 aliphatic heterocycles. The van der Waals surface area contributed by atoms with Gasteiger partial charge in [-0.05, 0) is 26.7 Å². The zero-order valence-corrected chi connectivity index (χ0v) is 10.9. The molecule has 0 bridgehead atoms. The second kappa shape index (κ2) is 7.85. The Morgan fingerprint density at radius 1 is 1.21 bits per heavy atom. The maximum atomic E-state index is 11.8. The molecule has 0 radical (unpaired) electrons. The molecule has 0 aliphatic rings. The quantitative estimate of drug-likeness (QED) is 0.627. The van der Waals surface area contributed by atoms with E-state index >= 15 is 0 Å². The first-order valence-corrected chi connectivity index (χ1v) is 5.97. The fraction of sp³-hybridized carbons (Fsp3) is 0.818. The molecule has 2 amide bonds. The number of hydrogen-bond donors (Lipinski definition) is 3. The molecule has 0 heterocycles. The molecule has 2 unspecified atom stereocenters. The van der Waals surface area contributed by atoms with Crippen LogP contribution < -0.4 is 10.6 Å². The Morgan fingerprint density at radius 3 is 2.26 bits per heavy atom. The van der Waals surface area contributed by atoms with E-state index in [9.17, 15) is 22.8 Å². The number of carbonyl (C=O) groups excluding carboxylic acids is 1. The van der Waals surface area contributed by atoms with Gasteiger partial charge in [0.15, 0.2) is 0 Å². The fourth-order valence-corrected chi connectivity index (χ4v) is 1.25. The highest BCUT2D eigenvalue weighted by Crippen LogP contribution is 2.21. The molecular formula is C11H19F3N2O3. The van der Waals surface area contributed by atoms with Crippen molar-refractivity contribution < 1.29 is 27.9 Å². The van der Waals surface area contributed by atoms with Crippen molar-refractivity contribution in [1.29, 1.82) is 0 Å². The average molecular weight is 284 g/mol. The molecule has 0 rings (SSSR count). The molecule has 19 heavy (non-hydrogen) atoms. The minimum Gasteiger partial charge on any atom is -0.481 e. The van der Waals surface area contributed by atoms with E-state index in [0.29, 0.717) is 0 Å². The summed E-state index contributed by atoms with van der Waals surface area (Å²) in [6.07, 6.45) is -4.88. The first-order valence-electron chi connectivity index (χ1n) is 5.97. The third kappa shape index (κ3) is 9.15. The highest BCUT2D eigenvalue weighted by molar-refractivity contribution is 5.76. The van der Waals surface area contributed by atoms with Crippen molar-refractivity contribution in [3.8, 4) is 0 Å². The van der Waals surface area contributed by atoms with Crippen molar-refractivity contribution in [2.75, 3.05) is 6.54 Å². The van der Waals surface area contributed by atoms with Crippen molar-refractivity contribution >= 4 is 12.0 Å². The predicted octanol–water partition coefficient (Wildman–Crippen LogP) is 2.13. The minimum absolute atomic E-state index is 0.0507. The van der Waals surface area contributed by atoms with Gasteiger partial charge in [-0.3, -0.25) is 4.79 Å². The van der Waals surface area contributed by atoms with Crippen molar-refractivity contribution in [3.63, 3.8) is 0 Å². The summed E-state index contributed by atoms with van der Waals surface area (Å²) in [4.78, 5) is 21.9. The van der Waals surface area contributed by atoms with E-state index in [1.165, 1.54) is 6.92 Å². The maximum absolute atomic E-state index is 11.8. The van der Waals surface area contributed by atoms with Gasteiger partial charge in [0.25, 0.3) is 0 Å². The van der Waals surface area contributed by atoms with Crippen molar-refractivity contribution in [1.82, 2.24) is 10.6 Å². The van der Waals surface area contributed by atoms with Crippen molar-refractivity contribution in [2.45, 2.75) is 45.3 Å². The molecule has 0 aliphatic carbocycles. The molecule has 0 aromatic carbocycles. The molecule has 112 valence electrons. The third-order valence-corrected chi connectivity index (χ3v) is 2.67. The summed E-state index contributed by atoms with van der Waals surface area (Å²) in [6.45, 7) is 3.12. The van der Waals surface area contributed by atoms with E-state index in [2.05, 4.69) is 10.6 Å². The number of halogens is 3. The molecule has 0 aromatic heterocycles. The zero-order valence-electron chi connectivity index (χ0n) is 10.9. The lowest BCUT2D eigenvalue weighted by atomic mass is 10.0. The number of rotatable bonds is 7. The molecule has 2 atom stereocenters. The Bertz CT molecular complexity index is 308. The first-order chi connectivity index (χ1) is 8.63. The summed E-state index contributed by atoms with van der Waals surface area (Å²) in [5.74, 6) is -1.77. The van der Waals surface area contributed by atoms with Crippen LogP contribution in [0.4, 0.5) is 18.0 Å². The summed E-state index contributed by atoms with van der Waals surface area (Å²) in [5.41, 5.74) is 0.